The van der Waals surface area contributed by atoms with Crippen LogP contribution in [0.5, 0.6) is 0 Å². The fourth-order valence-corrected chi connectivity index (χ4v) is 4.08. The van der Waals surface area contributed by atoms with Crippen LogP contribution in [0.3, 0.4) is 0 Å². The molecule has 0 fully saturated rings. The van der Waals surface area contributed by atoms with Gasteiger partial charge >= 0.3 is 0 Å². The van der Waals surface area contributed by atoms with Crippen LogP contribution in [0.1, 0.15) is 0 Å². The summed E-state index contributed by atoms with van der Waals surface area (Å²) in [6.45, 7) is 0. The monoisotopic (exact) mass is 349 g/mol. The van der Waals surface area contributed by atoms with Crippen LogP contribution in [0.25, 0.3) is 4.96 Å². The minimum atomic E-state index is -3.97. The normalized spacial score (nSPS) is 11.9. The summed E-state index contributed by atoms with van der Waals surface area (Å²) in [4.78, 5) is 12.0. The minimum Gasteiger partial charge on any atom is -0.278 e. The summed E-state index contributed by atoms with van der Waals surface area (Å²) in [6, 6.07) is 1.43. The molecule has 0 bridgehead atoms. The average molecular weight is 350 g/mol. The summed E-state index contributed by atoms with van der Waals surface area (Å²) >= 11 is 12.8. The summed E-state index contributed by atoms with van der Waals surface area (Å²) < 4.78 is 28.2. The van der Waals surface area contributed by atoms with Gasteiger partial charge in [0.05, 0.1) is 0 Å². The van der Waals surface area contributed by atoms with E-state index in [0.29, 0.717) is 4.96 Å². The molecule has 7 nitrogen and oxygen atoms in total. The van der Waals surface area contributed by atoms with E-state index < -0.39 is 10.0 Å². The van der Waals surface area contributed by atoms with Crippen molar-refractivity contribution in [2.24, 2.45) is 0 Å². The van der Waals surface area contributed by atoms with Gasteiger partial charge in [0, 0.05) is 17.8 Å². The maximum atomic E-state index is 12.3. The van der Waals surface area contributed by atoms with Crippen molar-refractivity contribution in [1.82, 2.24) is 19.4 Å². The second-order valence-electron chi connectivity index (χ2n) is 3.57. The highest BCUT2D eigenvalue weighted by molar-refractivity contribution is 7.92. The van der Waals surface area contributed by atoms with E-state index >= 15 is 0 Å². The predicted molar refractivity (Wildman–Crippen MR) is 75.9 cm³/mol. The molecular weight excluding hydrogens is 345 g/mol. The molecule has 0 aliphatic carbocycles. The Hall–Kier alpha value is -1.42. The van der Waals surface area contributed by atoms with Crippen LogP contribution in [-0.2, 0) is 10.0 Å². The Kier molecular flexibility index (Phi) is 3.28. The molecule has 0 unspecified atom stereocenters. The van der Waals surface area contributed by atoms with Crippen LogP contribution in [0.4, 0.5) is 5.95 Å². The van der Waals surface area contributed by atoms with Gasteiger partial charge in [-0.05, 0) is 6.07 Å². The molecule has 0 radical (unpaired) electrons. The highest BCUT2D eigenvalue weighted by atomic mass is 35.5. The predicted octanol–water partition coefficient (Wildman–Crippen LogP) is 2.29. The van der Waals surface area contributed by atoms with E-state index in [2.05, 4.69) is 19.7 Å². The van der Waals surface area contributed by atoms with Gasteiger partial charge < -0.3 is 0 Å². The maximum absolute atomic E-state index is 12.3. The third-order valence-electron chi connectivity index (χ3n) is 2.28. The van der Waals surface area contributed by atoms with Gasteiger partial charge in [-0.3, -0.25) is 4.40 Å². The summed E-state index contributed by atoms with van der Waals surface area (Å²) in [7, 11) is -3.97. The number of sulfonamides is 1. The van der Waals surface area contributed by atoms with Gasteiger partial charge in [-0.15, -0.1) is 11.3 Å². The number of rotatable bonds is 3. The van der Waals surface area contributed by atoms with Crippen molar-refractivity contribution in [3.8, 4) is 0 Å². The highest BCUT2D eigenvalue weighted by Crippen LogP contribution is 2.26. The zero-order valence-electron chi connectivity index (χ0n) is 9.49. The summed E-state index contributed by atoms with van der Waals surface area (Å²) in [5.41, 5.74) is 0. The highest BCUT2D eigenvalue weighted by Gasteiger charge is 2.26. The van der Waals surface area contributed by atoms with Crippen LogP contribution < -0.4 is 4.72 Å². The van der Waals surface area contributed by atoms with Gasteiger partial charge in [0.1, 0.15) is 5.15 Å². The van der Waals surface area contributed by atoms with Crippen LogP contribution in [0, 0.1) is 0 Å². The Morgan fingerprint density at radius 2 is 2.10 bits per heavy atom. The lowest BCUT2D eigenvalue weighted by atomic mass is 10.7. The van der Waals surface area contributed by atoms with Gasteiger partial charge in [0.25, 0.3) is 10.0 Å². The molecule has 0 amide bonds. The number of fused-ring (bicyclic) bond motifs is 1. The van der Waals surface area contributed by atoms with E-state index in [9.17, 15) is 8.42 Å². The minimum absolute atomic E-state index is 0.119. The van der Waals surface area contributed by atoms with E-state index in [4.69, 9.17) is 23.2 Å². The van der Waals surface area contributed by atoms with E-state index in [1.807, 2.05) is 0 Å². The van der Waals surface area contributed by atoms with Gasteiger partial charge in [0.15, 0.2) is 15.1 Å². The van der Waals surface area contributed by atoms with Crippen LogP contribution >= 0.6 is 34.5 Å². The van der Waals surface area contributed by atoms with Crippen molar-refractivity contribution < 1.29 is 8.42 Å². The second-order valence-corrected chi connectivity index (χ2v) is 6.79. The Balaban J connectivity index is 2.08. The first-order valence-corrected chi connectivity index (χ1v) is 8.22. The molecule has 3 rings (SSSR count). The molecule has 0 aliphatic rings. The second kappa shape index (κ2) is 4.85. The largest absolute Gasteiger partial charge is 0.283 e. The van der Waals surface area contributed by atoms with E-state index in [1.54, 1.807) is 11.6 Å². The van der Waals surface area contributed by atoms with Gasteiger partial charge in [-0.25, -0.2) is 19.7 Å². The third-order valence-corrected chi connectivity index (χ3v) is 4.97. The Morgan fingerprint density at radius 1 is 1.30 bits per heavy atom. The lowest BCUT2D eigenvalue weighted by molar-refractivity contribution is 0.596. The molecular formula is C9H5Cl2N5O2S2. The first-order chi connectivity index (χ1) is 9.47. The number of hydrogen-bond donors (Lipinski definition) is 1. The number of anilines is 1. The molecule has 0 atom stereocenters. The lowest BCUT2D eigenvalue weighted by Gasteiger charge is -2.05. The Labute approximate surface area is 127 Å². The van der Waals surface area contributed by atoms with E-state index in [1.165, 1.54) is 28.0 Å². The van der Waals surface area contributed by atoms with Crippen molar-refractivity contribution in [2.75, 3.05) is 4.72 Å². The van der Waals surface area contributed by atoms with E-state index in [-0.39, 0.29) is 21.3 Å². The molecule has 11 heteroatoms. The molecule has 20 heavy (non-hydrogen) atoms. The molecule has 104 valence electrons. The summed E-state index contributed by atoms with van der Waals surface area (Å²) in [5, 5.41) is 1.54. The number of thiazole rings is 1. The lowest BCUT2D eigenvalue weighted by Crippen LogP contribution is -2.17. The zero-order valence-corrected chi connectivity index (χ0v) is 12.6. The van der Waals surface area contributed by atoms with Crippen LogP contribution in [0.15, 0.2) is 28.9 Å². The fraction of sp³-hybridized carbons (Fsp3) is 0. The van der Waals surface area contributed by atoms with Crippen molar-refractivity contribution in [2.45, 2.75) is 5.03 Å². The van der Waals surface area contributed by atoms with Crippen LogP contribution in [-0.4, -0.2) is 27.8 Å². The first-order valence-electron chi connectivity index (χ1n) is 5.10. The van der Waals surface area contributed by atoms with Crippen molar-refractivity contribution in [3.05, 3.63) is 34.1 Å². The molecule has 3 heterocycles. The van der Waals surface area contributed by atoms with Crippen molar-refractivity contribution in [1.29, 1.82) is 0 Å². The smallest absolute Gasteiger partial charge is 0.278 e. The number of nitrogens with one attached hydrogen (secondary N) is 1. The van der Waals surface area contributed by atoms with Gasteiger partial charge in [-0.2, -0.15) is 8.42 Å². The van der Waals surface area contributed by atoms with Crippen molar-refractivity contribution in [3.63, 3.8) is 0 Å². The SMILES string of the molecule is O=S(=O)(Nc1nccc(Cl)n1)c1c(Cl)nc2sccn12. The molecule has 3 aromatic rings. The molecule has 0 spiro atoms. The number of nitrogens with zero attached hydrogens (tertiary/aromatic N) is 4. The summed E-state index contributed by atoms with van der Waals surface area (Å²) in [6.07, 6.45) is 2.90. The molecule has 0 saturated heterocycles. The Bertz CT molecular complexity index is 889. The van der Waals surface area contributed by atoms with Gasteiger partial charge in [-0.1, -0.05) is 23.2 Å². The maximum Gasteiger partial charge on any atom is 0.283 e. The first kappa shape index (κ1) is 13.6. The zero-order chi connectivity index (χ0) is 14.3. The number of imidazole rings is 1. The quantitative estimate of drug-likeness (QED) is 0.732. The van der Waals surface area contributed by atoms with E-state index in [0.717, 1.165) is 0 Å². The molecule has 3 aromatic heterocycles. The third kappa shape index (κ3) is 2.33. The van der Waals surface area contributed by atoms with Crippen LogP contribution in [0.2, 0.25) is 10.3 Å². The molecule has 1 N–H and O–H groups in total. The topological polar surface area (TPSA) is 89.2 Å². The Morgan fingerprint density at radius 3 is 2.85 bits per heavy atom. The number of aromatic nitrogens is 4. The molecule has 0 aromatic carbocycles. The fourth-order valence-electron chi connectivity index (χ4n) is 1.53. The van der Waals surface area contributed by atoms with Crippen molar-refractivity contribution >= 4 is 55.5 Å². The van der Waals surface area contributed by atoms with Gasteiger partial charge in [0.2, 0.25) is 5.95 Å². The molecule has 0 aliphatic heterocycles. The summed E-state index contributed by atoms with van der Waals surface area (Å²) in [5.74, 6) is -0.140. The standard InChI is InChI=1S/C9H5Cl2N5O2S2/c10-5-1-2-12-8(13-5)15-20(17,18)7-6(11)14-9-16(7)3-4-19-9/h1-4H,(H,12,13,15). The number of halogens is 2. The molecule has 0 saturated carbocycles. The average Bonchev–Trinajstić information content (AvgIpc) is 2.87. The number of hydrogen-bond acceptors (Lipinski definition) is 6.